The first kappa shape index (κ1) is 47.8. The van der Waals surface area contributed by atoms with Crippen molar-refractivity contribution in [2.75, 3.05) is 56.0 Å². The number of ether oxygens (including phenoxy) is 1. The summed E-state index contributed by atoms with van der Waals surface area (Å²) in [6, 6.07) is 22.6. The molecule has 7 fully saturated rings. The van der Waals surface area contributed by atoms with Gasteiger partial charge in [-0.05, 0) is 154 Å². The van der Waals surface area contributed by atoms with E-state index >= 15 is 0 Å². The predicted molar refractivity (Wildman–Crippen MR) is 275 cm³/mol. The molecule has 12 rings (SSSR count). The highest BCUT2D eigenvalue weighted by Crippen LogP contribution is 2.65. The summed E-state index contributed by atoms with van der Waals surface area (Å²) in [5.74, 6) is 1.26. The number of anilines is 2. The lowest BCUT2D eigenvalue weighted by Crippen LogP contribution is -2.63. The number of rotatable bonds is 15. The summed E-state index contributed by atoms with van der Waals surface area (Å²) >= 11 is 0. The van der Waals surface area contributed by atoms with E-state index in [9.17, 15) is 28.4 Å². The van der Waals surface area contributed by atoms with E-state index in [1.807, 2.05) is 19.1 Å². The number of aromatic nitrogens is 2. The van der Waals surface area contributed by atoms with Crippen LogP contribution in [0.5, 0.6) is 11.5 Å². The number of aromatic amines is 1. The summed E-state index contributed by atoms with van der Waals surface area (Å²) in [4.78, 5) is 40.8. The molecule has 3 aromatic carbocycles. The third kappa shape index (κ3) is 9.64. The molecule has 1 spiro atoms. The summed E-state index contributed by atoms with van der Waals surface area (Å²) in [7, 11) is -4.57. The first-order valence-electron chi connectivity index (χ1n) is 25.9. The van der Waals surface area contributed by atoms with Gasteiger partial charge in [0.25, 0.3) is 21.6 Å². The Bertz CT molecular complexity index is 2910. The number of H-pyrrole nitrogens is 1. The maximum absolute atomic E-state index is 14.1. The van der Waals surface area contributed by atoms with E-state index in [-0.39, 0.29) is 28.3 Å². The van der Waals surface area contributed by atoms with Gasteiger partial charge in [0.1, 0.15) is 22.8 Å². The Morgan fingerprint density at radius 3 is 2.44 bits per heavy atom. The van der Waals surface area contributed by atoms with E-state index in [0.29, 0.717) is 54.2 Å². The molecule has 4 heterocycles. The van der Waals surface area contributed by atoms with Crippen LogP contribution in [0.4, 0.5) is 17.1 Å². The number of carbonyl (C=O) groups excluding carboxylic acids is 1. The first-order chi connectivity index (χ1) is 34.0. The molecule has 376 valence electrons. The van der Waals surface area contributed by atoms with Crippen molar-refractivity contribution in [1.29, 1.82) is 0 Å². The Morgan fingerprint density at radius 1 is 0.958 bits per heavy atom. The van der Waals surface area contributed by atoms with Crippen molar-refractivity contribution in [3.8, 4) is 11.5 Å². The highest BCUT2D eigenvalue weighted by Gasteiger charge is 2.57. The van der Waals surface area contributed by atoms with Gasteiger partial charge >= 0.3 is 0 Å². The number of aliphatic hydroxyl groups is 1. The molecule has 1 amide bonds. The Hall–Kier alpha value is -5.55. The summed E-state index contributed by atoms with van der Waals surface area (Å²) in [6.07, 6.45) is 14.9. The second-order valence-electron chi connectivity index (χ2n) is 22.9. The fourth-order valence-corrected chi connectivity index (χ4v) is 14.2. The zero-order valence-corrected chi connectivity index (χ0v) is 42.1. The number of piperidine rings is 1. The van der Waals surface area contributed by atoms with Gasteiger partial charge in [-0.2, -0.15) is 0 Å². The third-order valence-corrected chi connectivity index (χ3v) is 18.8. The Labute approximate surface area is 416 Å². The molecule has 2 aliphatic heterocycles. The van der Waals surface area contributed by atoms with Gasteiger partial charge in [0.05, 0.1) is 27.2 Å². The van der Waals surface area contributed by atoms with E-state index in [1.54, 1.807) is 30.6 Å². The smallest absolute Gasteiger partial charge is 0.293 e. The van der Waals surface area contributed by atoms with Crippen molar-refractivity contribution in [3.63, 3.8) is 0 Å². The number of pyridine rings is 1. The molecule has 4 N–H and O–H groups in total. The molecule has 5 aliphatic carbocycles. The predicted octanol–water partition coefficient (Wildman–Crippen LogP) is 9.77. The van der Waals surface area contributed by atoms with Crippen LogP contribution in [0.2, 0.25) is 0 Å². The highest BCUT2D eigenvalue weighted by molar-refractivity contribution is 7.90. The van der Waals surface area contributed by atoms with Crippen molar-refractivity contribution < 1.29 is 28.0 Å². The minimum Gasteiger partial charge on any atom is -0.455 e. The lowest BCUT2D eigenvalue weighted by molar-refractivity contribution is -0.384. The van der Waals surface area contributed by atoms with Crippen LogP contribution in [0, 0.1) is 32.8 Å². The summed E-state index contributed by atoms with van der Waals surface area (Å²) < 4.78 is 36.2. The van der Waals surface area contributed by atoms with Gasteiger partial charge in [-0.25, -0.2) is 18.1 Å². The van der Waals surface area contributed by atoms with Crippen molar-refractivity contribution in [2.24, 2.45) is 22.7 Å². The van der Waals surface area contributed by atoms with Crippen LogP contribution in [0.3, 0.4) is 0 Å². The maximum atomic E-state index is 14.1. The molecule has 2 saturated heterocycles. The van der Waals surface area contributed by atoms with Gasteiger partial charge in [-0.3, -0.25) is 24.7 Å². The van der Waals surface area contributed by atoms with E-state index in [0.717, 1.165) is 81.5 Å². The molecule has 16 heteroatoms. The Balaban J connectivity index is 0.779. The topological polar surface area (TPSA) is 186 Å². The van der Waals surface area contributed by atoms with Gasteiger partial charge in [0, 0.05) is 87.3 Å². The molecule has 2 aromatic heterocycles. The van der Waals surface area contributed by atoms with Crippen LogP contribution in [0.25, 0.3) is 11.0 Å². The average Bonchev–Trinajstić information content (AvgIpc) is 3.79. The molecule has 71 heavy (non-hydrogen) atoms. The number of sulfonamides is 1. The Kier molecular flexibility index (Phi) is 12.4. The first-order valence-corrected chi connectivity index (χ1v) is 27.4. The molecule has 1 atom stereocenters. The molecule has 15 nitrogen and oxygen atoms in total. The summed E-state index contributed by atoms with van der Waals surface area (Å²) in [6.45, 7) is 13.2. The minimum atomic E-state index is -4.57. The standard InChI is InChI=1S/C55H68N8O7S/c1-36(2)44-6-4-5-7-45(44)49-34-60(35-55-27-38(28-55)29-55)22-23-62(49)41-30-54(31-41)17-20-61(21-18-54)40-8-10-46(50(25-40)70-42-24-39-14-19-56-51(39)58-33-42)52(64)59-71(68,69)43-9-11-47(48(26-43)63(66)67)57-32-37-12-15-53(3,65)16-13-37/h4-11,14,19,24-26,33,36-38,41,49,57,65H,12-13,15-18,20-23,27-32,34-35H2,1-3H3,(H,56,58)(H,59,64). The van der Waals surface area contributed by atoms with E-state index in [4.69, 9.17) is 4.74 Å². The Morgan fingerprint density at radius 2 is 1.72 bits per heavy atom. The van der Waals surface area contributed by atoms with Crippen molar-refractivity contribution in [1.82, 2.24) is 24.5 Å². The number of fused-ring (bicyclic) bond motifs is 1. The number of amides is 1. The van der Waals surface area contributed by atoms with Crippen molar-refractivity contribution in [2.45, 2.75) is 120 Å². The largest absolute Gasteiger partial charge is 0.455 e. The average molecular weight is 985 g/mol. The summed E-state index contributed by atoms with van der Waals surface area (Å²) in [5, 5.41) is 26.5. The number of hydrogen-bond donors (Lipinski definition) is 4. The lowest BCUT2D eigenvalue weighted by atomic mass is 9.44. The van der Waals surface area contributed by atoms with Gasteiger partial charge in [-0.1, -0.05) is 38.1 Å². The molecular weight excluding hydrogens is 917 g/mol. The highest BCUT2D eigenvalue weighted by atomic mass is 32.2. The normalized spacial score (nSPS) is 26.7. The molecule has 7 aliphatic rings. The molecule has 1 unspecified atom stereocenters. The zero-order valence-electron chi connectivity index (χ0n) is 41.2. The molecule has 0 radical (unpaired) electrons. The van der Waals surface area contributed by atoms with Gasteiger partial charge in [-0.15, -0.1) is 0 Å². The van der Waals surface area contributed by atoms with Gasteiger partial charge < -0.3 is 25.0 Å². The number of hydrogen-bond acceptors (Lipinski definition) is 12. The number of benzene rings is 3. The third-order valence-electron chi connectivity index (χ3n) is 17.5. The van der Waals surface area contributed by atoms with Crippen LogP contribution in [-0.2, 0) is 10.0 Å². The monoisotopic (exact) mass is 984 g/mol. The number of nitrogens with zero attached hydrogens (tertiary/aromatic N) is 5. The second-order valence-corrected chi connectivity index (χ2v) is 24.5. The number of carbonyl (C=O) groups is 1. The fourth-order valence-electron chi connectivity index (χ4n) is 13.3. The minimum absolute atomic E-state index is 0.0149. The van der Waals surface area contributed by atoms with Crippen LogP contribution in [0.15, 0.2) is 90.1 Å². The number of nitrogens with one attached hydrogen (secondary N) is 3. The molecule has 5 saturated carbocycles. The quantitative estimate of drug-likeness (QED) is 0.0576. The molecule has 2 bridgehead atoms. The van der Waals surface area contributed by atoms with Gasteiger partial charge in [0.2, 0.25) is 0 Å². The molecular formula is C55H68N8O7S. The van der Waals surface area contributed by atoms with Crippen LogP contribution >= 0.6 is 0 Å². The van der Waals surface area contributed by atoms with Crippen LogP contribution in [0.1, 0.15) is 125 Å². The lowest BCUT2D eigenvalue weighted by Gasteiger charge is -2.64. The van der Waals surface area contributed by atoms with Gasteiger partial charge in [0.15, 0.2) is 0 Å². The number of piperazine rings is 1. The van der Waals surface area contributed by atoms with E-state index in [2.05, 4.69) is 72.8 Å². The SMILES string of the molecule is CC(C)c1ccccc1C1CN(CC23CC(C2)C3)CCN1C1CC2(CCN(c3ccc(C(=O)NS(=O)(=O)c4ccc(NCC5CCC(C)(O)CC5)c([N+](=O)[O-])c4)c(Oc4cnc5[nH]ccc5c4)c3)CC2)C1. The second kappa shape index (κ2) is 18.5. The maximum Gasteiger partial charge on any atom is 0.293 e. The van der Waals surface area contributed by atoms with Crippen molar-refractivity contribution in [3.05, 3.63) is 112 Å². The summed E-state index contributed by atoms with van der Waals surface area (Å²) in [5.41, 5.74) is 4.42. The fraction of sp³-hybridized carbons (Fsp3) is 0.527. The van der Waals surface area contributed by atoms with E-state index < -0.39 is 37.0 Å². The van der Waals surface area contributed by atoms with Crippen molar-refractivity contribution >= 4 is 44.0 Å². The van der Waals surface area contributed by atoms with Crippen LogP contribution < -0.4 is 19.7 Å². The van der Waals surface area contributed by atoms with E-state index in [1.165, 1.54) is 61.9 Å². The zero-order chi connectivity index (χ0) is 49.3. The van der Waals surface area contributed by atoms with Crippen LogP contribution in [-0.4, -0.2) is 102 Å². The molecule has 5 aromatic rings. The number of nitro benzene ring substituents is 1. The number of nitro groups is 1.